The molecule has 1 saturated heterocycles. The number of halogens is 2. The van der Waals surface area contributed by atoms with E-state index in [4.69, 9.17) is 22.1 Å². The van der Waals surface area contributed by atoms with Crippen molar-refractivity contribution in [3.63, 3.8) is 0 Å². The van der Waals surface area contributed by atoms with E-state index in [2.05, 4.69) is 15.2 Å². The average Bonchev–Trinajstić information content (AvgIpc) is 3.30. The number of aromatic nitrogens is 1. The Morgan fingerprint density at radius 2 is 2.08 bits per heavy atom. The maximum absolute atomic E-state index is 14.4. The number of hydrogen-bond acceptors (Lipinski definition) is 8. The lowest BCUT2D eigenvalue weighted by Crippen LogP contribution is -2.64. The Labute approximate surface area is 227 Å². The van der Waals surface area contributed by atoms with E-state index in [0.717, 1.165) is 34.5 Å². The van der Waals surface area contributed by atoms with Crippen LogP contribution in [0.5, 0.6) is 0 Å². The molecule has 38 heavy (non-hydrogen) atoms. The van der Waals surface area contributed by atoms with E-state index in [1.807, 2.05) is 7.05 Å². The van der Waals surface area contributed by atoms with Crippen LogP contribution in [0.2, 0.25) is 5.02 Å². The minimum Gasteiger partial charge on any atom is -0.375 e. The van der Waals surface area contributed by atoms with Gasteiger partial charge in [0.25, 0.3) is 5.91 Å². The lowest BCUT2D eigenvalue weighted by atomic mass is 9.96. The number of hydrogen-bond donors (Lipinski definition) is 2. The Morgan fingerprint density at radius 1 is 1.32 bits per heavy atom. The van der Waals surface area contributed by atoms with Crippen LogP contribution in [0.4, 0.5) is 10.1 Å². The summed E-state index contributed by atoms with van der Waals surface area (Å²) >= 11 is 7.11. The van der Waals surface area contributed by atoms with Crippen LogP contribution < -0.4 is 16.0 Å². The molecule has 2 aliphatic rings. The number of methoxy groups -OCH3 is 1. The molecule has 2 aliphatic heterocycles. The summed E-state index contributed by atoms with van der Waals surface area (Å²) in [5.74, 6) is -3.90. The molecule has 3 N–H and O–H groups in total. The first-order chi connectivity index (χ1) is 18.1. The van der Waals surface area contributed by atoms with Crippen molar-refractivity contribution in [1.82, 2.24) is 20.1 Å². The minimum atomic E-state index is -1.25. The van der Waals surface area contributed by atoms with Gasteiger partial charge in [-0.25, -0.2) is 9.37 Å². The van der Waals surface area contributed by atoms with Gasteiger partial charge < -0.3 is 25.6 Å². The molecule has 1 aromatic heterocycles. The largest absolute Gasteiger partial charge is 0.375 e. The number of nitrogens with one attached hydrogen (secondary N) is 1. The van der Waals surface area contributed by atoms with Crippen LogP contribution in [-0.2, 0) is 32.1 Å². The molecular formula is C24H28ClFN6O5S. The highest BCUT2D eigenvalue weighted by Crippen LogP contribution is 2.29. The van der Waals surface area contributed by atoms with Crippen molar-refractivity contribution in [2.75, 3.05) is 45.3 Å². The number of primary amides is 1. The summed E-state index contributed by atoms with van der Waals surface area (Å²) in [6.45, 7) is 1.58. The SMILES string of the molecule is COCC(=O)N1CC[C@H](N(C(=O)C(N)=O)c2ccc(Cl)c(F)c2)[C@H](NC(=O)c2nc3c(s2)CN(C)CC3)C1. The highest BCUT2D eigenvalue weighted by atomic mass is 35.5. The Morgan fingerprint density at radius 3 is 2.76 bits per heavy atom. The first kappa shape index (κ1) is 27.9. The number of carbonyl (C=O) groups excluding carboxylic acids is 4. The molecule has 14 heteroatoms. The van der Waals surface area contributed by atoms with Crippen molar-refractivity contribution in [1.29, 1.82) is 0 Å². The molecule has 0 bridgehead atoms. The van der Waals surface area contributed by atoms with Gasteiger partial charge >= 0.3 is 11.8 Å². The first-order valence-electron chi connectivity index (χ1n) is 11.9. The molecule has 0 spiro atoms. The molecule has 3 heterocycles. The van der Waals surface area contributed by atoms with Gasteiger partial charge in [-0.15, -0.1) is 11.3 Å². The second-order valence-electron chi connectivity index (χ2n) is 9.22. The number of nitrogens with two attached hydrogens (primary N) is 1. The highest BCUT2D eigenvalue weighted by molar-refractivity contribution is 7.13. The van der Waals surface area contributed by atoms with Crippen LogP contribution in [0.3, 0.4) is 0 Å². The van der Waals surface area contributed by atoms with Crippen molar-refractivity contribution in [3.05, 3.63) is 44.6 Å². The molecule has 204 valence electrons. The quantitative estimate of drug-likeness (QED) is 0.493. The zero-order valence-electron chi connectivity index (χ0n) is 20.9. The number of amides is 4. The molecule has 0 aliphatic carbocycles. The number of rotatable bonds is 6. The zero-order valence-corrected chi connectivity index (χ0v) is 22.5. The highest BCUT2D eigenvalue weighted by Gasteiger charge is 2.40. The molecule has 4 rings (SSSR count). The summed E-state index contributed by atoms with van der Waals surface area (Å²) in [6, 6.07) is 2.01. The van der Waals surface area contributed by atoms with E-state index in [-0.39, 0.29) is 47.7 Å². The third-order valence-electron chi connectivity index (χ3n) is 6.57. The Balaban J connectivity index is 1.67. The number of nitrogens with zero attached hydrogens (tertiary/aromatic N) is 4. The summed E-state index contributed by atoms with van der Waals surface area (Å²) in [4.78, 5) is 61.1. The summed E-state index contributed by atoms with van der Waals surface area (Å²) in [6.07, 6.45) is 0.896. The maximum atomic E-state index is 14.4. The van der Waals surface area contributed by atoms with Gasteiger partial charge in [0.2, 0.25) is 5.91 Å². The van der Waals surface area contributed by atoms with E-state index in [1.54, 1.807) is 0 Å². The Bertz CT molecular complexity index is 1260. The molecule has 11 nitrogen and oxygen atoms in total. The smallest absolute Gasteiger partial charge is 0.316 e. The molecule has 4 amide bonds. The number of ether oxygens (including phenoxy) is 1. The molecule has 2 aromatic rings. The first-order valence-corrected chi connectivity index (χ1v) is 13.1. The third-order valence-corrected chi connectivity index (χ3v) is 7.96. The number of anilines is 1. The topological polar surface area (TPSA) is 138 Å². The summed E-state index contributed by atoms with van der Waals surface area (Å²) in [5.41, 5.74) is 6.26. The van der Waals surface area contributed by atoms with Gasteiger partial charge in [0, 0.05) is 50.3 Å². The van der Waals surface area contributed by atoms with E-state index < -0.39 is 35.6 Å². The molecular weight excluding hydrogens is 539 g/mol. The van der Waals surface area contributed by atoms with Crippen LogP contribution >= 0.6 is 22.9 Å². The molecule has 1 fully saturated rings. The second-order valence-corrected chi connectivity index (χ2v) is 10.7. The van der Waals surface area contributed by atoms with Crippen LogP contribution in [0.15, 0.2) is 18.2 Å². The van der Waals surface area contributed by atoms with Gasteiger partial charge in [0.15, 0.2) is 5.01 Å². The van der Waals surface area contributed by atoms with E-state index >= 15 is 0 Å². The molecule has 1 aromatic carbocycles. The number of thiazole rings is 1. The van der Waals surface area contributed by atoms with Crippen LogP contribution in [0.25, 0.3) is 0 Å². The number of likely N-dealkylation sites (N-methyl/N-ethyl adjacent to an activating group) is 1. The number of piperidine rings is 1. The fourth-order valence-electron chi connectivity index (χ4n) is 4.70. The van der Waals surface area contributed by atoms with E-state index in [9.17, 15) is 23.6 Å². The van der Waals surface area contributed by atoms with Crippen LogP contribution in [-0.4, -0.2) is 90.9 Å². The van der Waals surface area contributed by atoms with Gasteiger partial charge in [0.1, 0.15) is 12.4 Å². The number of fused-ring (bicyclic) bond motifs is 1. The summed E-state index contributed by atoms with van der Waals surface area (Å²) < 4.78 is 19.3. The van der Waals surface area contributed by atoms with Crippen LogP contribution in [0.1, 0.15) is 26.8 Å². The fraction of sp³-hybridized carbons (Fsp3) is 0.458. The Kier molecular flexibility index (Phi) is 8.61. The zero-order chi connectivity index (χ0) is 27.6. The lowest BCUT2D eigenvalue weighted by molar-refractivity contribution is -0.138. The average molecular weight is 567 g/mol. The van der Waals surface area contributed by atoms with E-state index in [1.165, 1.54) is 35.5 Å². The molecule has 0 saturated carbocycles. The molecule has 0 unspecified atom stereocenters. The standard InChI is InChI=1S/C24H28ClFN6O5S/c1-30-7-5-16-19(11-30)38-23(29-16)22(35)28-17-10-31(20(33)12-37-2)8-6-18(17)32(24(36)21(27)34)13-3-4-14(25)15(26)9-13/h3-4,9,17-18H,5-8,10-12H2,1-2H3,(H2,27,34)(H,28,35)/t17-,18+/m1/s1. The van der Waals surface area contributed by atoms with Crippen LogP contribution in [0, 0.1) is 5.82 Å². The van der Waals surface area contributed by atoms with Gasteiger partial charge in [-0.05, 0) is 31.7 Å². The van der Waals surface area contributed by atoms with E-state index in [0.29, 0.717) is 6.54 Å². The maximum Gasteiger partial charge on any atom is 0.316 e. The predicted molar refractivity (Wildman–Crippen MR) is 138 cm³/mol. The number of likely N-dealkylation sites (tertiary alicyclic amines) is 1. The van der Waals surface area contributed by atoms with Crippen molar-refractivity contribution >= 4 is 52.3 Å². The van der Waals surface area contributed by atoms with Gasteiger partial charge in [-0.1, -0.05) is 11.6 Å². The molecule has 2 atom stereocenters. The van der Waals surface area contributed by atoms with Gasteiger partial charge in [0.05, 0.1) is 22.8 Å². The Hall–Kier alpha value is -3.13. The second kappa shape index (κ2) is 11.7. The normalized spacial score (nSPS) is 19.5. The fourth-order valence-corrected chi connectivity index (χ4v) is 5.90. The van der Waals surface area contributed by atoms with Gasteiger partial charge in [-0.3, -0.25) is 24.1 Å². The summed E-state index contributed by atoms with van der Waals surface area (Å²) in [7, 11) is 3.39. The number of benzene rings is 1. The van der Waals surface area contributed by atoms with Crippen molar-refractivity contribution in [2.45, 2.75) is 31.5 Å². The number of carbonyl (C=O) groups is 4. The lowest BCUT2D eigenvalue weighted by Gasteiger charge is -2.43. The van der Waals surface area contributed by atoms with Crippen molar-refractivity contribution < 1.29 is 28.3 Å². The third kappa shape index (κ3) is 5.96. The van der Waals surface area contributed by atoms with Gasteiger partial charge in [-0.2, -0.15) is 0 Å². The van der Waals surface area contributed by atoms with Crippen molar-refractivity contribution in [2.24, 2.45) is 5.73 Å². The van der Waals surface area contributed by atoms with Crippen molar-refractivity contribution in [3.8, 4) is 0 Å². The monoisotopic (exact) mass is 566 g/mol. The predicted octanol–water partition coefficient (Wildman–Crippen LogP) is 0.788. The minimum absolute atomic E-state index is 0.0189. The molecule has 0 radical (unpaired) electrons. The summed E-state index contributed by atoms with van der Waals surface area (Å²) in [5, 5.41) is 2.99.